The minimum absolute atomic E-state index is 0.763. The summed E-state index contributed by atoms with van der Waals surface area (Å²) in [6, 6.07) is 17.0. The van der Waals surface area contributed by atoms with E-state index < -0.39 is 0 Å². The lowest BCUT2D eigenvalue weighted by Crippen LogP contribution is -1.82. The molecule has 0 saturated carbocycles. The molecular formula is C13H10Cl. The maximum Gasteiger partial charge on any atom is 0.0412 e. The molecule has 69 valence electrons. The maximum absolute atomic E-state index is 5.93. The minimum atomic E-state index is 0.763. The molecule has 0 heterocycles. The highest BCUT2D eigenvalue weighted by Gasteiger charge is 2.00. The molecule has 0 aliphatic carbocycles. The summed E-state index contributed by atoms with van der Waals surface area (Å²) in [6.45, 7) is 2.08. The molecule has 2 aromatic rings. The highest BCUT2D eigenvalue weighted by Crippen LogP contribution is 2.24. The first-order valence-corrected chi connectivity index (χ1v) is 4.88. The van der Waals surface area contributed by atoms with Crippen LogP contribution in [-0.4, -0.2) is 0 Å². The highest BCUT2D eigenvalue weighted by atomic mass is 35.5. The molecule has 0 atom stereocenters. The zero-order valence-corrected chi connectivity index (χ0v) is 8.68. The number of benzene rings is 2. The topological polar surface area (TPSA) is 0 Å². The summed E-state index contributed by atoms with van der Waals surface area (Å²) < 4.78 is 0. The van der Waals surface area contributed by atoms with Gasteiger partial charge in [0, 0.05) is 5.02 Å². The van der Waals surface area contributed by atoms with Crippen molar-refractivity contribution in [1.82, 2.24) is 0 Å². The summed E-state index contributed by atoms with van der Waals surface area (Å²) in [5, 5.41) is 0.763. The first-order chi connectivity index (χ1) is 6.77. The second-order valence-electron chi connectivity index (χ2n) is 3.24. The van der Waals surface area contributed by atoms with Gasteiger partial charge in [-0.3, -0.25) is 0 Å². The van der Waals surface area contributed by atoms with Crippen LogP contribution in [0.3, 0.4) is 0 Å². The molecule has 0 saturated heterocycles. The average molecular weight is 202 g/mol. The summed E-state index contributed by atoms with van der Waals surface area (Å²) in [5.74, 6) is 0. The maximum atomic E-state index is 5.93. The standard InChI is InChI=1S/C13H10Cl/c1-10-5-2-3-8-13(10)11-6-4-7-12(14)9-11/h2-7,9H,1H3. The van der Waals surface area contributed by atoms with E-state index in [1.165, 1.54) is 5.56 Å². The average Bonchev–Trinajstić information content (AvgIpc) is 2.18. The quantitative estimate of drug-likeness (QED) is 0.651. The van der Waals surface area contributed by atoms with Gasteiger partial charge in [-0.25, -0.2) is 0 Å². The van der Waals surface area contributed by atoms with Crippen LogP contribution in [0.25, 0.3) is 11.1 Å². The molecule has 0 unspecified atom stereocenters. The van der Waals surface area contributed by atoms with Crippen LogP contribution in [0, 0.1) is 13.0 Å². The van der Waals surface area contributed by atoms with Crippen molar-refractivity contribution in [3.63, 3.8) is 0 Å². The van der Waals surface area contributed by atoms with Crippen molar-refractivity contribution in [3.05, 3.63) is 59.1 Å². The molecular weight excluding hydrogens is 192 g/mol. The van der Waals surface area contributed by atoms with Gasteiger partial charge in [0.15, 0.2) is 0 Å². The normalized spacial score (nSPS) is 10.1. The van der Waals surface area contributed by atoms with Gasteiger partial charge >= 0.3 is 0 Å². The fourth-order valence-electron chi connectivity index (χ4n) is 1.48. The molecule has 0 N–H and O–H groups in total. The second-order valence-corrected chi connectivity index (χ2v) is 3.67. The lowest BCUT2D eigenvalue weighted by Gasteiger charge is -2.04. The van der Waals surface area contributed by atoms with Crippen LogP contribution in [-0.2, 0) is 0 Å². The van der Waals surface area contributed by atoms with Crippen molar-refractivity contribution in [2.45, 2.75) is 6.92 Å². The third kappa shape index (κ3) is 1.80. The molecule has 0 aliphatic heterocycles. The number of hydrogen-bond acceptors (Lipinski definition) is 0. The summed E-state index contributed by atoms with van der Waals surface area (Å²) in [7, 11) is 0. The predicted octanol–water partition coefficient (Wildman–Crippen LogP) is 4.12. The van der Waals surface area contributed by atoms with Crippen LogP contribution in [0.1, 0.15) is 5.56 Å². The number of aryl methyl sites for hydroxylation is 1. The van der Waals surface area contributed by atoms with Crippen molar-refractivity contribution in [3.8, 4) is 11.1 Å². The number of hydrogen-bond donors (Lipinski definition) is 0. The van der Waals surface area contributed by atoms with Crippen LogP contribution in [0.15, 0.2) is 42.5 Å². The summed E-state index contributed by atoms with van der Waals surface area (Å²) >= 11 is 5.93. The Kier molecular flexibility index (Phi) is 2.55. The Hall–Kier alpha value is -1.27. The molecule has 14 heavy (non-hydrogen) atoms. The monoisotopic (exact) mass is 201 g/mol. The van der Waals surface area contributed by atoms with Crippen molar-refractivity contribution >= 4 is 11.6 Å². The van der Waals surface area contributed by atoms with Crippen LogP contribution in [0.4, 0.5) is 0 Å². The van der Waals surface area contributed by atoms with E-state index in [-0.39, 0.29) is 0 Å². The van der Waals surface area contributed by atoms with Gasteiger partial charge in [0.1, 0.15) is 0 Å². The SMILES string of the molecule is Cc1ccc[c]c1-c1cccc(Cl)c1. The summed E-state index contributed by atoms with van der Waals surface area (Å²) in [4.78, 5) is 0. The molecule has 0 fully saturated rings. The van der Waals surface area contributed by atoms with Crippen LogP contribution >= 0.6 is 11.6 Å². The lowest BCUT2D eigenvalue weighted by atomic mass is 10.0. The van der Waals surface area contributed by atoms with Gasteiger partial charge in [0.05, 0.1) is 0 Å². The van der Waals surface area contributed by atoms with Gasteiger partial charge in [-0.2, -0.15) is 0 Å². The van der Waals surface area contributed by atoms with Gasteiger partial charge in [-0.1, -0.05) is 41.9 Å². The molecule has 1 heteroatoms. The molecule has 0 spiro atoms. The Morgan fingerprint density at radius 3 is 2.71 bits per heavy atom. The minimum Gasteiger partial charge on any atom is -0.0843 e. The van der Waals surface area contributed by atoms with Gasteiger partial charge in [0.25, 0.3) is 0 Å². The number of halogens is 1. The van der Waals surface area contributed by atoms with E-state index in [0.717, 1.165) is 16.1 Å². The Balaban J connectivity index is 2.55. The van der Waals surface area contributed by atoms with Crippen LogP contribution in [0.5, 0.6) is 0 Å². The first kappa shape index (κ1) is 9.29. The predicted molar refractivity (Wildman–Crippen MR) is 60.5 cm³/mol. The molecule has 0 aliphatic rings. The first-order valence-electron chi connectivity index (χ1n) is 4.50. The van der Waals surface area contributed by atoms with Crippen molar-refractivity contribution in [1.29, 1.82) is 0 Å². The van der Waals surface area contributed by atoms with E-state index >= 15 is 0 Å². The Morgan fingerprint density at radius 2 is 2.00 bits per heavy atom. The van der Waals surface area contributed by atoms with Gasteiger partial charge in [0.2, 0.25) is 0 Å². The summed E-state index contributed by atoms with van der Waals surface area (Å²) in [6.07, 6.45) is 0. The van der Waals surface area contributed by atoms with E-state index in [9.17, 15) is 0 Å². The zero-order valence-electron chi connectivity index (χ0n) is 7.92. The van der Waals surface area contributed by atoms with E-state index in [4.69, 9.17) is 11.6 Å². The third-order valence-electron chi connectivity index (χ3n) is 2.18. The largest absolute Gasteiger partial charge is 0.0843 e. The zero-order chi connectivity index (χ0) is 9.97. The summed E-state index contributed by atoms with van der Waals surface area (Å²) in [5.41, 5.74) is 3.46. The van der Waals surface area contributed by atoms with Crippen molar-refractivity contribution in [2.24, 2.45) is 0 Å². The van der Waals surface area contributed by atoms with Crippen molar-refractivity contribution < 1.29 is 0 Å². The highest BCUT2D eigenvalue weighted by molar-refractivity contribution is 6.30. The van der Waals surface area contributed by atoms with Gasteiger partial charge in [-0.15, -0.1) is 0 Å². The molecule has 2 aromatic carbocycles. The fraction of sp³-hybridized carbons (Fsp3) is 0.0769. The molecule has 0 bridgehead atoms. The van der Waals surface area contributed by atoms with Crippen molar-refractivity contribution in [2.75, 3.05) is 0 Å². The molecule has 2 rings (SSSR count). The Morgan fingerprint density at radius 1 is 1.14 bits per heavy atom. The second kappa shape index (κ2) is 3.85. The van der Waals surface area contributed by atoms with E-state index in [1.807, 2.05) is 36.4 Å². The Bertz CT molecular complexity index is 446. The number of rotatable bonds is 1. The van der Waals surface area contributed by atoms with E-state index in [1.54, 1.807) is 0 Å². The van der Waals surface area contributed by atoms with Crippen LogP contribution < -0.4 is 0 Å². The van der Waals surface area contributed by atoms with Gasteiger partial charge in [-0.05, 0) is 41.8 Å². The lowest BCUT2D eigenvalue weighted by molar-refractivity contribution is 1.45. The molecule has 0 amide bonds. The van der Waals surface area contributed by atoms with Gasteiger partial charge < -0.3 is 0 Å². The molecule has 0 nitrogen and oxygen atoms in total. The van der Waals surface area contributed by atoms with E-state index in [0.29, 0.717) is 0 Å². The molecule has 1 radical (unpaired) electrons. The fourth-order valence-corrected chi connectivity index (χ4v) is 1.67. The van der Waals surface area contributed by atoms with E-state index in [2.05, 4.69) is 19.1 Å². The van der Waals surface area contributed by atoms with Crippen LogP contribution in [0.2, 0.25) is 5.02 Å². The Labute approximate surface area is 89.2 Å². The smallest absolute Gasteiger partial charge is 0.0412 e. The third-order valence-corrected chi connectivity index (χ3v) is 2.41. The molecule has 0 aromatic heterocycles.